The second-order valence-corrected chi connectivity index (χ2v) is 3.42. The van der Waals surface area contributed by atoms with Gasteiger partial charge in [0.25, 0.3) is 0 Å². The molecule has 3 nitrogen and oxygen atoms in total. The lowest BCUT2D eigenvalue weighted by molar-refractivity contribution is -0.138. The van der Waals surface area contributed by atoms with Gasteiger partial charge in [0, 0.05) is 5.02 Å². The quantitative estimate of drug-likeness (QED) is 0.838. The highest BCUT2D eigenvalue weighted by atomic mass is 35.5. The van der Waals surface area contributed by atoms with Crippen molar-refractivity contribution in [3.05, 3.63) is 29.3 Å². The van der Waals surface area contributed by atoms with Crippen LogP contribution in [-0.2, 0) is 4.79 Å². The van der Waals surface area contributed by atoms with Crippen LogP contribution in [-0.4, -0.2) is 17.2 Å². The molecule has 0 amide bonds. The Labute approximate surface area is 87.3 Å². The molecule has 0 aliphatic heterocycles. The molecular weight excluding hydrogens is 204 g/mol. The number of carboxylic acid groups (broad SMARTS) is 1. The van der Waals surface area contributed by atoms with Crippen LogP contribution in [0.5, 0.6) is 5.75 Å². The third kappa shape index (κ3) is 3.66. The highest BCUT2D eigenvalue weighted by Crippen LogP contribution is 2.17. The topological polar surface area (TPSA) is 46.5 Å². The number of aliphatic carboxylic acids is 1. The molecule has 0 saturated heterocycles. The van der Waals surface area contributed by atoms with Crippen LogP contribution in [0, 0.1) is 0 Å². The van der Waals surface area contributed by atoms with Crippen LogP contribution >= 0.6 is 11.6 Å². The summed E-state index contributed by atoms with van der Waals surface area (Å²) in [6, 6.07) is 6.82. The number of hydrogen-bond donors (Lipinski definition) is 1. The molecule has 4 heteroatoms. The zero-order valence-electron chi connectivity index (χ0n) is 7.74. The van der Waals surface area contributed by atoms with E-state index in [1.54, 1.807) is 31.2 Å². The van der Waals surface area contributed by atoms with Gasteiger partial charge in [-0.2, -0.15) is 0 Å². The summed E-state index contributed by atoms with van der Waals surface area (Å²) in [4.78, 5) is 10.4. The number of benzene rings is 1. The maximum absolute atomic E-state index is 10.4. The number of carbonyl (C=O) groups is 1. The first-order chi connectivity index (χ1) is 6.58. The third-order valence-corrected chi connectivity index (χ3v) is 1.86. The summed E-state index contributed by atoms with van der Waals surface area (Å²) in [5.74, 6) is -0.241. The van der Waals surface area contributed by atoms with Crippen LogP contribution in [0.3, 0.4) is 0 Å². The van der Waals surface area contributed by atoms with Gasteiger partial charge in [-0.05, 0) is 31.2 Å². The molecule has 0 fully saturated rings. The van der Waals surface area contributed by atoms with Gasteiger partial charge < -0.3 is 9.84 Å². The van der Waals surface area contributed by atoms with Crippen LogP contribution in [0.15, 0.2) is 24.3 Å². The van der Waals surface area contributed by atoms with Crippen molar-refractivity contribution in [1.82, 2.24) is 0 Å². The monoisotopic (exact) mass is 214 g/mol. The molecule has 0 saturated carbocycles. The van der Waals surface area contributed by atoms with Gasteiger partial charge in [-0.15, -0.1) is 0 Å². The summed E-state index contributed by atoms with van der Waals surface area (Å²) in [5, 5.41) is 9.13. The second kappa shape index (κ2) is 4.86. The highest BCUT2D eigenvalue weighted by molar-refractivity contribution is 6.30. The Morgan fingerprint density at radius 2 is 2.07 bits per heavy atom. The predicted octanol–water partition coefficient (Wildman–Crippen LogP) is 2.58. The molecule has 1 aromatic carbocycles. The summed E-state index contributed by atoms with van der Waals surface area (Å²) >= 11 is 5.68. The molecule has 0 aromatic heterocycles. The van der Waals surface area contributed by atoms with Crippen molar-refractivity contribution in [2.75, 3.05) is 0 Å². The second-order valence-electron chi connectivity index (χ2n) is 2.98. The lowest BCUT2D eigenvalue weighted by Gasteiger charge is -2.12. The van der Waals surface area contributed by atoms with Crippen molar-refractivity contribution >= 4 is 17.6 Å². The average molecular weight is 215 g/mol. The Balaban J connectivity index is 2.51. The van der Waals surface area contributed by atoms with Crippen molar-refractivity contribution < 1.29 is 14.6 Å². The van der Waals surface area contributed by atoms with E-state index in [2.05, 4.69) is 0 Å². The van der Waals surface area contributed by atoms with Gasteiger partial charge in [-0.3, -0.25) is 4.79 Å². The SMILES string of the molecule is C[C@@H](CC(=O)O)Oc1ccc(Cl)cc1. The number of ether oxygens (including phenoxy) is 1. The van der Waals surface area contributed by atoms with Crippen molar-refractivity contribution in [2.45, 2.75) is 19.4 Å². The Hall–Kier alpha value is -1.22. The Morgan fingerprint density at radius 3 is 2.57 bits per heavy atom. The summed E-state index contributed by atoms with van der Waals surface area (Å²) in [6.07, 6.45) is -0.350. The van der Waals surface area contributed by atoms with Crippen molar-refractivity contribution in [1.29, 1.82) is 0 Å². The van der Waals surface area contributed by atoms with Crippen LogP contribution in [0.4, 0.5) is 0 Å². The average Bonchev–Trinajstić information content (AvgIpc) is 2.07. The minimum atomic E-state index is -0.869. The molecule has 0 heterocycles. The Morgan fingerprint density at radius 1 is 1.50 bits per heavy atom. The van der Waals surface area contributed by atoms with Crippen LogP contribution in [0.25, 0.3) is 0 Å². The van der Waals surface area contributed by atoms with Crippen molar-refractivity contribution in [2.24, 2.45) is 0 Å². The molecule has 0 unspecified atom stereocenters. The number of hydrogen-bond acceptors (Lipinski definition) is 2. The van der Waals surface area contributed by atoms with Gasteiger partial charge in [0.15, 0.2) is 0 Å². The van der Waals surface area contributed by atoms with E-state index in [0.29, 0.717) is 10.8 Å². The summed E-state index contributed by atoms with van der Waals surface area (Å²) < 4.78 is 5.34. The fourth-order valence-corrected chi connectivity index (χ4v) is 1.16. The predicted molar refractivity (Wildman–Crippen MR) is 53.8 cm³/mol. The van der Waals surface area contributed by atoms with E-state index in [4.69, 9.17) is 21.4 Å². The first-order valence-corrected chi connectivity index (χ1v) is 4.60. The summed E-state index contributed by atoms with van der Waals surface area (Å²) in [6.45, 7) is 1.71. The smallest absolute Gasteiger partial charge is 0.307 e. The Bertz CT molecular complexity index is 308. The van der Waals surface area contributed by atoms with Crippen LogP contribution in [0.1, 0.15) is 13.3 Å². The summed E-state index contributed by atoms with van der Waals surface area (Å²) in [7, 11) is 0. The van der Waals surface area contributed by atoms with E-state index in [-0.39, 0.29) is 12.5 Å². The van der Waals surface area contributed by atoms with Gasteiger partial charge in [0.1, 0.15) is 11.9 Å². The van der Waals surface area contributed by atoms with E-state index in [1.165, 1.54) is 0 Å². The first-order valence-electron chi connectivity index (χ1n) is 4.22. The number of carboxylic acids is 1. The molecule has 1 N–H and O–H groups in total. The van der Waals surface area contributed by atoms with Gasteiger partial charge >= 0.3 is 5.97 Å². The lowest BCUT2D eigenvalue weighted by Crippen LogP contribution is -2.16. The molecule has 1 atom stereocenters. The van der Waals surface area contributed by atoms with Gasteiger partial charge in [0.2, 0.25) is 0 Å². The molecule has 1 aromatic rings. The molecule has 0 bridgehead atoms. The van der Waals surface area contributed by atoms with Crippen molar-refractivity contribution in [3.8, 4) is 5.75 Å². The standard InChI is InChI=1S/C10H11ClO3/c1-7(6-10(12)13)14-9-4-2-8(11)3-5-9/h2-5,7H,6H2,1H3,(H,12,13)/t7-/m0/s1. The molecule has 0 radical (unpaired) electrons. The first kappa shape index (κ1) is 10.9. The van der Waals surface area contributed by atoms with Crippen LogP contribution < -0.4 is 4.74 Å². The number of halogens is 1. The third-order valence-electron chi connectivity index (χ3n) is 1.61. The van der Waals surface area contributed by atoms with Gasteiger partial charge in [0.05, 0.1) is 6.42 Å². The van der Waals surface area contributed by atoms with E-state index in [1.807, 2.05) is 0 Å². The highest BCUT2D eigenvalue weighted by Gasteiger charge is 2.08. The van der Waals surface area contributed by atoms with Gasteiger partial charge in [-0.25, -0.2) is 0 Å². The molecule has 0 aliphatic carbocycles. The normalized spacial score (nSPS) is 12.1. The van der Waals surface area contributed by atoms with Crippen LogP contribution in [0.2, 0.25) is 5.02 Å². The molecule has 0 spiro atoms. The molecular formula is C10H11ClO3. The Kier molecular flexibility index (Phi) is 3.77. The molecule has 14 heavy (non-hydrogen) atoms. The lowest BCUT2D eigenvalue weighted by atomic mass is 10.3. The van der Waals surface area contributed by atoms with E-state index >= 15 is 0 Å². The molecule has 76 valence electrons. The maximum atomic E-state index is 10.4. The number of rotatable bonds is 4. The maximum Gasteiger partial charge on any atom is 0.307 e. The summed E-state index contributed by atoms with van der Waals surface area (Å²) in [5.41, 5.74) is 0. The van der Waals surface area contributed by atoms with E-state index in [9.17, 15) is 4.79 Å². The minimum absolute atomic E-state index is 0.0113. The fourth-order valence-electron chi connectivity index (χ4n) is 1.03. The molecule has 1 rings (SSSR count). The zero-order valence-corrected chi connectivity index (χ0v) is 8.49. The van der Waals surface area contributed by atoms with E-state index in [0.717, 1.165) is 0 Å². The zero-order chi connectivity index (χ0) is 10.6. The van der Waals surface area contributed by atoms with E-state index < -0.39 is 5.97 Å². The molecule has 0 aliphatic rings. The largest absolute Gasteiger partial charge is 0.490 e. The fraction of sp³-hybridized carbons (Fsp3) is 0.300. The van der Waals surface area contributed by atoms with Crippen molar-refractivity contribution in [3.63, 3.8) is 0 Å². The minimum Gasteiger partial charge on any atom is -0.490 e. The van der Waals surface area contributed by atoms with Gasteiger partial charge in [-0.1, -0.05) is 11.6 Å².